The van der Waals surface area contributed by atoms with Crippen molar-refractivity contribution in [2.24, 2.45) is 0 Å². The molecule has 0 aliphatic heterocycles. The summed E-state index contributed by atoms with van der Waals surface area (Å²) in [5, 5.41) is 3.23. The van der Waals surface area contributed by atoms with Gasteiger partial charge >= 0.3 is 0 Å². The normalized spacial score (nSPS) is 11.1. The number of hydrogen-bond donors (Lipinski definition) is 1. The van der Waals surface area contributed by atoms with Gasteiger partial charge in [0.15, 0.2) is 9.84 Å². The third-order valence-corrected chi connectivity index (χ3v) is 5.70. The van der Waals surface area contributed by atoms with E-state index in [1.807, 2.05) is 0 Å². The Morgan fingerprint density at radius 2 is 1.83 bits per heavy atom. The Hall–Kier alpha value is -2.05. The quantitative estimate of drug-likeness (QED) is 0.848. The smallest absolute Gasteiger partial charge is 0.225 e. The average Bonchev–Trinajstić information content (AvgIpc) is 2.57. The van der Waals surface area contributed by atoms with Gasteiger partial charge in [-0.2, -0.15) is 0 Å². The molecule has 2 rings (SSSR count). The van der Waals surface area contributed by atoms with Crippen molar-refractivity contribution >= 4 is 33.0 Å². The second kappa shape index (κ2) is 7.68. The number of methoxy groups -OCH3 is 1. The molecule has 0 atom stereocenters. The number of carbonyl (C=O) groups is 1. The van der Waals surface area contributed by atoms with Crippen LogP contribution >= 0.6 is 11.6 Å². The summed E-state index contributed by atoms with van der Waals surface area (Å²) in [5.41, 5.74) is 1.32. The summed E-state index contributed by atoms with van der Waals surface area (Å²) in [6.45, 7) is 1.78. The van der Waals surface area contributed by atoms with E-state index in [1.165, 1.54) is 19.2 Å². The van der Waals surface area contributed by atoms with Gasteiger partial charge in [-0.1, -0.05) is 17.7 Å². The topological polar surface area (TPSA) is 72.5 Å². The van der Waals surface area contributed by atoms with Crippen LogP contribution in [0.2, 0.25) is 5.02 Å². The van der Waals surface area contributed by atoms with Crippen LogP contribution < -0.4 is 10.1 Å². The number of ether oxygens (including phenoxy) is 1. The molecular formula is C17H18ClNO4S. The van der Waals surface area contributed by atoms with Crippen LogP contribution in [0.1, 0.15) is 12.0 Å². The zero-order valence-corrected chi connectivity index (χ0v) is 14.9. The highest BCUT2D eigenvalue weighted by Gasteiger charge is 2.17. The lowest BCUT2D eigenvalue weighted by Gasteiger charge is -2.10. The molecule has 0 saturated heterocycles. The summed E-state index contributed by atoms with van der Waals surface area (Å²) < 4.78 is 29.5. The molecule has 2 aromatic rings. The van der Waals surface area contributed by atoms with E-state index in [0.717, 1.165) is 5.56 Å². The van der Waals surface area contributed by atoms with Crippen molar-refractivity contribution in [2.75, 3.05) is 18.2 Å². The van der Waals surface area contributed by atoms with Crippen LogP contribution in [0.3, 0.4) is 0 Å². The molecule has 0 aliphatic carbocycles. The highest BCUT2D eigenvalue weighted by molar-refractivity contribution is 7.91. The third kappa shape index (κ3) is 4.49. The van der Waals surface area contributed by atoms with Crippen molar-refractivity contribution in [1.29, 1.82) is 0 Å². The van der Waals surface area contributed by atoms with Gasteiger partial charge in [0, 0.05) is 17.1 Å². The van der Waals surface area contributed by atoms with Gasteiger partial charge in [-0.15, -0.1) is 0 Å². The molecule has 128 valence electrons. The number of halogens is 1. The minimum atomic E-state index is -3.53. The van der Waals surface area contributed by atoms with Crippen LogP contribution in [0.4, 0.5) is 5.69 Å². The molecule has 0 fully saturated rings. The number of nitrogens with one attached hydrogen (secondary N) is 1. The monoisotopic (exact) mass is 367 g/mol. The van der Waals surface area contributed by atoms with Crippen molar-refractivity contribution in [3.63, 3.8) is 0 Å². The van der Waals surface area contributed by atoms with Gasteiger partial charge in [0.1, 0.15) is 5.75 Å². The Morgan fingerprint density at radius 1 is 1.17 bits per heavy atom. The minimum absolute atomic E-state index is 0.139. The Bertz CT molecular complexity index is 832. The number of rotatable bonds is 6. The molecule has 0 unspecified atom stereocenters. The molecule has 1 amide bonds. The van der Waals surface area contributed by atoms with E-state index in [-0.39, 0.29) is 23.0 Å². The van der Waals surface area contributed by atoms with E-state index in [4.69, 9.17) is 16.3 Å². The number of anilines is 1. The highest BCUT2D eigenvalue weighted by Crippen LogP contribution is 2.23. The molecule has 7 heteroatoms. The third-order valence-electron chi connectivity index (χ3n) is 3.56. The lowest BCUT2D eigenvalue weighted by molar-refractivity contribution is -0.115. The van der Waals surface area contributed by atoms with Gasteiger partial charge in [0.2, 0.25) is 5.91 Å². The SMILES string of the molecule is COc1ccc(S(=O)(=O)CCC(=O)Nc2cccc(Cl)c2C)cc1. The van der Waals surface area contributed by atoms with E-state index in [2.05, 4.69) is 5.32 Å². The van der Waals surface area contributed by atoms with Crippen LogP contribution in [0.25, 0.3) is 0 Å². The van der Waals surface area contributed by atoms with Crippen LogP contribution in [0, 0.1) is 6.92 Å². The van der Waals surface area contributed by atoms with Crippen LogP contribution in [0.5, 0.6) is 5.75 Å². The van der Waals surface area contributed by atoms with Crippen molar-refractivity contribution in [3.8, 4) is 5.75 Å². The number of carbonyl (C=O) groups excluding carboxylic acids is 1. The molecule has 0 aromatic heterocycles. The summed E-state index contributed by atoms with van der Waals surface area (Å²) in [6.07, 6.45) is -0.139. The maximum absolute atomic E-state index is 12.3. The maximum atomic E-state index is 12.3. The van der Waals surface area contributed by atoms with Crippen molar-refractivity contribution in [3.05, 3.63) is 53.1 Å². The first-order chi connectivity index (χ1) is 11.3. The largest absolute Gasteiger partial charge is 0.497 e. The van der Waals surface area contributed by atoms with Gasteiger partial charge in [-0.05, 0) is 48.9 Å². The minimum Gasteiger partial charge on any atom is -0.497 e. The highest BCUT2D eigenvalue weighted by atomic mass is 35.5. The molecule has 2 aromatic carbocycles. The van der Waals surface area contributed by atoms with Gasteiger partial charge in [-0.25, -0.2) is 8.42 Å². The number of benzene rings is 2. The van der Waals surface area contributed by atoms with Crippen molar-refractivity contribution in [2.45, 2.75) is 18.2 Å². The molecule has 0 heterocycles. The van der Waals surface area contributed by atoms with E-state index < -0.39 is 9.84 Å². The van der Waals surface area contributed by atoms with Crippen molar-refractivity contribution < 1.29 is 17.9 Å². The van der Waals surface area contributed by atoms with E-state index in [1.54, 1.807) is 37.3 Å². The molecule has 0 saturated carbocycles. The number of sulfone groups is 1. The fourth-order valence-electron chi connectivity index (χ4n) is 2.08. The van der Waals surface area contributed by atoms with E-state index in [9.17, 15) is 13.2 Å². The molecule has 0 spiro atoms. The second-order valence-corrected chi connectivity index (χ2v) is 7.72. The summed E-state index contributed by atoms with van der Waals surface area (Å²) in [7, 11) is -2.03. The zero-order valence-electron chi connectivity index (χ0n) is 13.4. The standard InChI is InChI=1S/C17H18ClNO4S/c1-12-15(18)4-3-5-16(12)19-17(20)10-11-24(21,22)14-8-6-13(23-2)7-9-14/h3-9H,10-11H2,1-2H3,(H,19,20). The first-order valence-electron chi connectivity index (χ1n) is 7.25. The summed E-state index contributed by atoms with van der Waals surface area (Å²) in [4.78, 5) is 12.2. The fourth-order valence-corrected chi connectivity index (χ4v) is 3.50. The number of hydrogen-bond acceptors (Lipinski definition) is 4. The molecule has 24 heavy (non-hydrogen) atoms. The fraction of sp³-hybridized carbons (Fsp3) is 0.235. The van der Waals surface area contributed by atoms with Crippen molar-refractivity contribution in [1.82, 2.24) is 0 Å². The lowest BCUT2D eigenvalue weighted by atomic mass is 10.2. The van der Waals surface area contributed by atoms with E-state index >= 15 is 0 Å². The van der Waals surface area contributed by atoms with Crippen LogP contribution in [-0.2, 0) is 14.6 Å². The molecule has 0 bridgehead atoms. The Balaban J connectivity index is 2.00. The van der Waals surface area contributed by atoms with E-state index in [0.29, 0.717) is 16.5 Å². The second-order valence-electron chi connectivity index (χ2n) is 5.20. The Morgan fingerprint density at radius 3 is 2.46 bits per heavy atom. The van der Waals surface area contributed by atoms with Gasteiger partial charge < -0.3 is 10.1 Å². The zero-order chi connectivity index (χ0) is 17.7. The Labute approximate surface area is 146 Å². The number of amides is 1. The van der Waals surface area contributed by atoms with Crippen LogP contribution in [-0.4, -0.2) is 27.2 Å². The Kier molecular flexibility index (Phi) is 5.85. The van der Waals surface area contributed by atoms with Gasteiger partial charge in [-0.3, -0.25) is 4.79 Å². The molecule has 5 nitrogen and oxygen atoms in total. The summed E-state index contributed by atoms with van der Waals surface area (Å²) >= 11 is 5.99. The lowest BCUT2D eigenvalue weighted by Crippen LogP contribution is -2.18. The molecule has 1 N–H and O–H groups in total. The predicted molar refractivity (Wildman–Crippen MR) is 94.5 cm³/mol. The first kappa shape index (κ1) is 18.3. The van der Waals surface area contributed by atoms with Gasteiger partial charge in [0.25, 0.3) is 0 Å². The summed E-state index contributed by atoms with van der Waals surface area (Å²) in [5.74, 6) is -0.0781. The molecule has 0 aliphatic rings. The summed E-state index contributed by atoms with van der Waals surface area (Å²) in [6, 6.07) is 11.2. The maximum Gasteiger partial charge on any atom is 0.225 e. The predicted octanol–water partition coefficient (Wildman–Crippen LogP) is 3.46. The molecular weight excluding hydrogens is 350 g/mol. The first-order valence-corrected chi connectivity index (χ1v) is 9.28. The van der Waals surface area contributed by atoms with Gasteiger partial charge in [0.05, 0.1) is 17.8 Å². The van der Waals surface area contributed by atoms with Crippen LogP contribution in [0.15, 0.2) is 47.4 Å². The molecule has 0 radical (unpaired) electrons. The average molecular weight is 368 g/mol.